The van der Waals surface area contributed by atoms with Crippen molar-refractivity contribution in [1.29, 1.82) is 0 Å². The molecule has 0 fully saturated rings. The Morgan fingerprint density at radius 3 is 2.81 bits per heavy atom. The highest BCUT2D eigenvalue weighted by Crippen LogP contribution is 2.30. The van der Waals surface area contributed by atoms with E-state index in [9.17, 15) is 9.59 Å². The van der Waals surface area contributed by atoms with Crippen LogP contribution < -0.4 is 0 Å². The van der Waals surface area contributed by atoms with Gasteiger partial charge < -0.3 is 9.47 Å². The molecule has 0 bridgehead atoms. The van der Waals surface area contributed by atoms with Crippen LogP contribution in [0.1, 0.15) is 20.8 Å². The second-order valence-corrected chi connectivity index (χ2v) is 3.71. The highest BCUT2D eigenvalue weighted by Gasteiger charge is 2.31. The minimum atomic E-state index is -0.325. The second-order valence-electron chi connectivity index (χ2n) is 3.71. The number of hydrogen-bond acceptors (Lipinski definition) is 4. The Bertz CT molecular complexity index is 341. The van der Waals surface area contributed by atoms with Crippen molar-refractivity contribution in [1.82, 2.24) is 0 Å². The summed E-state index contributed by atoms with van der Waals surface area (Å²) in [5, 5.41) is 0. The van der Waals surface area contributed by atoms with Gasteiger partial charge >= 0.3 is 0 Å². The summed E-state index contributed by atoms with van der Waals surface area (Å²) >= 11 is 0. The van der Waals surface area contributed by atoms with Crippen LogP contribution in [0.5, 0.6) is 0 Å². The van der Waals surface area contributed by atoms with Crippen LogP contribution in [0.15, 0.2) is 23.5 Å². The van der Waals surface area contributed by atoms with Gasteiger partial charge in [0.05, 0.1) is 12.2 Å². The topological polar surface area (TPSA) is 52.6 Å². The van der Waals surface area contributed by atoms with Gasteiger partial charge in [-0.25, -0.2) is 0 Å². The molecule has 1 rings (SSSR count). The lowest BCUT2D eigenvalue weighted by Crippen LogP contribution is -2.30. The fourth-order valence-corrected chi connectivity index (χ4v) is 1.93. The Kier molecular flexibility index (Phi) is 4.28. The standard InChI is InChI=1S/C12H16O4/c1-4-11-9(3)16-6-10(5-15-7-13)12(11)8(2)14/h4,6-7,9,12H,5H2,1-3H3/b11-4+. The van der Waals surface area contributed by atoms with Gasteiger partial charge in [-0.1, -0.05) is 6.08 Å². The van der Waals surface area contributed by atoms with Crippen LogP contribution in [0, 0.1) is 5.92 Å². The van der Waals surface area contributed by atoms with Gasteiger partial charge in [0, 0.05) is 5.57 Å². The molecule has 0 radical (unpaired) electrons. The zero-order valence-corrected chi connectivity index (χ0v) is 9.73. The van der Waals surface area contributed by atoms with Crippen molar-refractivity contribution >= 4 is 12.3 Å². The monoisotopic (exact) mass is 224 g/mol. The molecular weight excluding hydrogens is 208 g/mol. The summed E-state index contributed by atoms with van der Waals surface area (Å²) in [7, 11) is 0. The van der Waals surface area contributed by atoms with Crippen molar-refractivity contribution in [2.75, 3.05) is 6.61 Å². The van der Waals surface area contributed by atoms with Gasteiger partial charge in [-0.15, -0.1) is 0 Å². The van der Waals surface area contributed by atoms with Crippen LogP contribution in [0.3, 0.4) is 0 Å². The summed E-state index contributed by atoms with van der Waals surface area (Å²) in [6, 6.07) is 0. The van der Waals surface area contributed by atoms with Crippen LogP contribution in [0.2, 0.25) is 0 Å². The average molecular weight is 224 g/mol. The lowest BCUT2D eigenvalue weighted by molar-refractivity contribution is -0.128. The number of ether oxygens (including phenoxy) is 2. The number of carbonyl (C=O) groups is 2. The molecule has 0 saturated carbocycles. The average Bonchev–Trinajstić information content (AvgIpc) is 2.26. The molecule has 2 unspecified atom stereocenters. The molecule has 1 aliphatic rings. The molecule has 1 heterocycles. The molecule has 0 aromatic rings. The van der Waals surface area contributed by atoms with E-state index >= 15 is 0 Å². The first kappa shape index (κ1) is 12.5. The highest BCUT2D eigenvalue weighted by molar-refractivity contribution is 5.85. The molecule has 2 atom stereocenters. The molecule has 4 heteroatoms. The van der Waals surface area contributed by atoms with E-state index in [0.29, 0.717) is 12.0 Å². The maximum absolute atomic E-state index is 11.6. The summed E-state index contributed by atoms with van der Waals surface area (Å²) < 4.78 is 10.1. The van der Waals surface area contributed by atoms with E-state index in [4.69, 9.17) is 4.74 Å². The summed E-state index contributed by atoms with van der Waals surface area (Å²) in [6.45, 7) is 5.75. The summed E-state index contributed by atoms with van der Waals surface area (Å²) in [5.41, 5.74) is 1.60. The van der Waals surface area contributed by atoms with Gasteiger partial charge in [-0.2, -0.15) is 0 Å². The number of Topliss-reactive ketones (excluding diaryl/α,β-unsaturated/α-hetero) is 1. The highest BCUT2D eigenvalue weighted by atomic mass is 16.5. The first-order valence-corrected chi connectivity index (χ1v) is 5.18. The third-order valence-corrected chi connectivity index (χ3v) is 2.65. The summed E-state index contributed by atoms with van der Waals surface area (Å²) in [6.07, 6.45) is 3.29. The number of hydrogen-bond donors (Lipinski definition) is 0. The first-order valence-electron chi connectivity index (χ1n) is 5.18. The van der Waals surface area contributed by atoms with Crippen LogP contribution in [0.4, 0.5) is 0 Å². The van der Waals surface area contributed by atoms with Crippen molar-refractivity contribution in [3.63, 3.8) is 0 Å². The third-order valence-electron chi connectivity index (χ3n) is 2.65. The molecule has 0 saturated heterocycles. The number of allylic oxidation sites excluding steroid dienone is 1. The van der Waals surface area contributed by atoms with Crippen molar-refractivity contribution in [2.24, 2.45) is 5.92 Å². The van der Waals surface area contributed by atoms with E-state index in [0.717, 1.165) is 5.57 Å². The van der Waals surface area contributed by atoms with Crippen LogP contribution in [0.25, 0.3) is 0 Å². The molecule has 4 nitrogen and oxygen atoms in total. The van der Waals surface area contributed by atoms with Gasteiger partial charge in [0.15, 0.2) is 0 Å². The quantitative estimate of drug-likeness (QED) is 0.537. The molecule has 0 aromatic carbocycles. The normalized spacial score (nSPS) is 26.9. The Labute approximate surface area is 94.9 Å². The van der Waals surface area contributed by atoms with Crippen LogP contribution >= 0.6 is 0 Å². The van der Waals surface area contributed by atoms with Gasteiger partial charge in [0.1, 0.15) is 18.5 Å². The molecule has 16 heavy (non-hydrogen) atoms. The Morgan fingerprint density at radius 1 is 1.62 bits per heavy atom. The smallest absolute Gasteiger partial charge is 0.293 e. The largest absolute Gasteiger partial charge is 0.494 e. The van der Waals surface area contributed by atoms with Gasteiger partial charge in [-0.3, -0.25) is 9.59 Å². The van der Waals surface area contributed by atoms with Crippen molar-refractivity contribution in [3.8, 4) is 0 Å². The van der Waals surface area contributed by atoms with E-state index in [1.165, 1.54) is 13.2 Å². The van der Waals surface area contributed by atoms with Crippen molar-refractivity contribution in [2.45, 2.75) is 26.9 Å². The van der Waals surface area contributed by atoms with Crippen LogP contribution in [-0.2, 0) is 19.1 Å². The lowest BCUT2D eigenvalue weighted by Gasteiger charge is -2.29. The Hall–Kier alpha value is -1.58. The predicted octanol–water partition coefficient (Wildman–Crippen LogP) is 1.61. The molecule has 0 amide bonds. The third kappa shape index (κ3) is 2.51. The SMILES string of the molecule is C/C=C1\C(C)OC=C(COC=O)C1C(C)=O. The number of carbonyl (C=O) groups excluding carboxylic acids is 2. The second kappa shape index (κ2) is 5.49. The Balaban J connectivity index is 2.97. The maximum atomic E-state index is 11.6. The molecule has 0 N–H and O–H groups in total. The van der Waals surface area contributed by atoms with E-state index in [1.54, 1.807) is 0 Å². The number of rotatable bonds is 4. The van der Waals surface area contributed by atoms with Gasteiger partial charge in [0.25, 0.3) is 6.47 Å². The molecule has 0 spiro atoms. The van der Waals surface area contributed by atoms with Crippen LogP contribution in [-0.4, -0.2) is 25.0 Å². The molecular formula is C12H16O4. The lowest BCUT2D eigenvalue weighted by atomic mass is 9.84. The molecule has 1 aliphatic heterocycles. The van der Waals surface area contributed by atoms with Gasteiger partial charge in [0.2, 0.25) is 0 Å². The van der Waals surface area contributed by atoms with E-state index in [2.05, 4.69) is 4.74 Å². The molecule has 0 aliphatic carbocycles. The summed E-state index contributed by atoms with van der Waals surface area (Å²) in [5.74, 6) is -0.294. The minimum absolute atomic E-state index is 0.0315. The molecule has 88 valence electrons. The van der Waals surface area contributed by atoms with Crippen molar-refractivity contribution < 1.29 is 19.1 Å². The summed E-state index contributed by atoms with van der Waals surface area (Å²) in [4.78, 5) is 21.8. The zero-order valence-electron chi connectivity index (χ0n) is 9.73. The van der Waals surface area contributed by atoms with Crippen molar-refractivity contribution in [3.05, 3.63) is 23.5 Å². The first-order chi connectivity index (χ1) is 7.61. The van der Waals surface area contributed by atoms with Gasteiger partial charge in [-0.05, 0) is 26.3 Å². The predicted molar refractivity (Wildman–Crippen MR) is 58.6 cm³/mol. The fraction of sp³-hybridized carbons (Fsp3) is 0.500. The Morgan fingerprint density at radius 2 is 2.31 bits per heavy atom. The van der Waals surface area contributed by atoms with E-state index in [-0.39, 0.29) is 24.4 Å². The zero-order chi connectivity index (χ0) is 12.1. The minimum Gasteiger partial charge on any atom is -0.494 e. The van der Waals surface area contributed by atoms with E-state index in [1.807, 2.05) is 19.9 Å². The number of ketones is 1. The molecule has 0 aromatic heterocycles. The maximum Gasteiger partial charge on any atom is 0.293 e. The van der Waals surface area contributed by atoms with E-state index < -0.39 is 0 Å². The fourth-order valence-electron chi connectivity index (χ4n) is 1.93.